The van der Waals surface area contributed by atoms with Gasteiger partial charge in [-0.2, -0.15) is 0 Å². The predicted octanol–water partition coefficient (Wildman–Crippen LogP) is 3.41. The molecule has 5 heteroatoms. The number of benzene rings is 1. The zero-order valence-corrected chi connectivity index (χ0v) is 10.3. The molecule has 0 aliphatic rings. The van der Waals surface area contributed by atoms with Crippen LogP contribution < -0.4 is 5.32 Å². The van der Waals surface area contributed by atoms with Crippen LogP contribution >= 0.6 is 24.0 Å². The van der Waals surface area contributed by atoms with Gasteiger partial charge >= 0.3 is 0 Å². The van der Waals surface area contributed by atoms with Crippen molar-refractivity contribution in [3.63, 3.8) is 0 Å². The Morgan fingerprint density at radius 3 is 2.47 bits per heavy atom. The monoisotopic (exact) mass is 268 g/mol. The van der Waals surface area contributed by atoms with E-state index in [2.05, 4.69) is 10.3 Å². The van der Waals surface area contributed by atoms with E-state index in [-0.39, 0.29) is 18.3 Å². The molecule has 0 aliphatic carbocycles. The lowest BCUT2D eigenvalue weighted by Gasteiger charge is -2.04. The zero-order valence-electron chi connectivity index (χ0n) is 8.76. The summed E-state index contributed by atoms with van der Waals surface area (Å²) >= 11 is 5.74. The number of nitrogens with zero attached hydrogens (tertiary/aromatic N) is 1. The van der Waals surface area contributed by atoms with Crippen LogP contribution in [0.4, 0.5) is 5.69 Å². The second-order valence-corrected chi connectivity index (χ2v) is 3.64. The summed E-state index contributed by atoms with van der Waals surface area (Å²) in [5.74, 6) is -0.185. The van der Waals surface area contributed by atoms with Crippen LogP contribution in [0.2, 0.25) is 5.02 Å². The number of halogens is 2. The molecule has 2 rings (SSSR count). The molecular weight excluding hydrogens is 259 g/mol. The first-order valence-electron chi connectivity index (χ1n) is 4.72. The fraction of sp³-hybridized carbons (Fsp3) is 0. The highest BCUT2D eigenvalue weighted by atomic mass is 35.5. The second-order valence-electron chi connectivity index (χ2n) is 3.20. The molecule has 2 aromatic rings. The van der Waals surface area contributed by atoms with Crippen LogP contribution in [0, 0.1) is 0 Å². The van der Waals surface area contributed by atoms with E-state index in [4.69, 9.17) is 11.6 Å². The van der Waals surface area contributed by atoms with Crippen molar-refractivity contribution in [1.82, 2.24) is 4.98 Å². The van der Waals surface area contributed by atoms with E-state index in [1.165, 1.54) is 6.20 Å². The summed E-state index contributed by atoms with van der Waals surface area (Å²) < 4.78 is 0. The summed E-state index contributed by atoms with van der Waals surface area (Å²) in [5.41, 5.74) is 1.23. The highest BCUT2D eigenvalue weighted by Crippen LogP contribution is 2.14. The molecule has 0 bridgehead atoms. The number of aromatic nitrogens is 1. The third-order valence-electron chi connectivity index (χ3n) is 2.03. The summed E-state index contributed by atoms with van der Waals surface area (Å²) in [6.45, 7) is 0. The molecule has 0 saturated carbocycles. The molecule has 1 aromatic heterocycles. The molecule has 1 aromatic carbocycles. The van der Waals surface area contributed by atoms with Crippen LogP contribution in [-0.4, -0.2) is 10.9 Å². The van der Waals surface area contributed by atoms with Crippen molar-refractivity contribution in [1.29, 1.82) is 0 Å². The lowest BCUT2D eigenvalue weighted by Crippen LogP contribution is -2.11. The number of carbonyl (C=O) groups excluding carboxylic acids is 1. The van der Waals surface area contributed by atoms with Crippen LogP contribution in [0.15, 0.2) is 48.8 Å². The van der Waals surface area contributed by atoms with Crippen molar-refractivity contribution in [3.05, 3.63) is 59.4 Å². The summed E-state index contributed by atoms with van der Waals surface area (Å²) in [7, 11) is 0. The van der Waals surface area contributed by atoms with Crippen molar-refractivity contribution in [2.75, 3.05) is 5.32 Å². The molecule has 0 spiro atoms. The Morgan fingerprint density at radius 2 is 1.88 bits per heavy atom. The van der Waals surface area contributed by atoms with Gasteiger partial charge in [0, 0.05) is 23.1 Å². The van der Waals surface area contributed by atoms with Gasteiger partial charge in [0.2, 0.25) is 0 Å². The van der Waals surface area contributed by atoms with E-state index in [0.29, 0.717) is 16.3 Å². The summed E-state index contributed by atoms with van der Waals surface area (Å²) in [6, 6.07) is 10.4. The van der Waals surface area contributed by atoms with Gasteiger partial charge in [0.15, 0.2) is 0 Å². The smallest absolute Gasteiger partial charge is 0.257 e. The maximum absolute atomic E-state index is 11.7. The van der Waals surface area contributed by atoms with Gasteiger partial charge in [-0.05, 0) is 36.4 Å². The maximum Gasteiger partial charge on any atom is 0.257 e. The fourth-order valence-corrected chi connectivity index (χ4v) is 1.36. The standard InChI is InChI=1S/C12H9ClN2O.ClH/c13-10-3-5-11(6-4-10)15-12(16)9-2-1-7-14-8-9;/h1-8H,(H,15,16);1H. The van der Waals surface area contributed by atoms with Gasteiger partial charge in [-0.1, -0.05) is 11.6 Å². The highest BCUT2D eigenvalue weighted by Gasteiger charge is 2.04. The third-order valence-corrected chi connectivity index (χ3v) is 2.28. The highest BCUT2D eigenvalue weighted by molar-refractivity contribution is 6.30. The van der Waals surface area contributed by atoms with Crippen molar-refractivity contribution in [2.45, 2.75) is 0 Å². The molecule has 1 amide bonds. The number of nitrogens with one attached hydrogen (secondary N) is 1. The fourth-order valence-electron chi connectivity index (χ4n) is 1.23. The molecule has 3 nitrogen and oxygen atoms in total. The third kappa shape index (κ3) is 3.73. The quantitative estimate of drug-likeness (QED) is 0.907. The van der Waals surface area contributed by atoms with E-state index in [9.17, 15) is 4.79 Å². The SMILES string of the molecule is Cl.O=C(Nc1ccc(Cl)cc1)c1cccnc1. The number of hydrogen-bond donors (Lipinski definition) is 1. The minimum Gasteiger partial charge on any atom is -0.322 e. The molecule has 0 fully saturated rings. The number of hydrogen-bond acceptors (Lipinski definition) is 2. The average Bonchev–Trinajstić information content (AvgIpc) is 2.33. The molecule has 0 saturated heterocycles. The van der Waals surface area contributed by atoms with Crippen LogP contribution in [0.3, 0.4) is 0 Å². The maximum atomic E-state index is 11.7. The molecule has 88 valence electrons. The number of anilines is 1. The van der Waals surface area contributed by atoms with Gasteiger partial charge in [-0.3, -0.25) is 9.78 Å². The summed E-state index contributed by atoms with van der Waals surface area (Å²) in [6.07, 6.45) is 3.14. The van der Waals surface area contributed by atoms with Crippen molar-refractivity contribution < 1.29 is 4.79 Å². The molecule has 1 N–H and O–H groups in total. The lowest BCUT2D eigenvalue weighted by atomic mass is 10.2. The minimum atomic E-state index is -0.185. The first-order valence-corrected chi connectivity index (χ1v) is 5.10. The lowest BCUT2D eigenvalue weighted by molar-refractivity contribution is 0.102. The van der Waals surface area contributed by atoms with E-state index in [0.717, 1.165) is 0 Å². The molecule has 1 heterocycles. The van der Waals surface area contributed by atoms with Crippen molar-refractivity contribution >= 4 is 35.6 Å². The Kier molecular flexibility index (Phi) is 4.94. The number of carbonyl (C=O) groups is 1. The largest absolute Gasteiger partial charge is 0.322 e. The summed E-state index contributed by atoms with van der Waals surface area (Å²) in [4.78, 5) is 15.6. The predicted molar refractivity (Wildman–Crippen MR) is 70.9 cm³/mol. The number of rotatable bonds is 2. The minimum absolute atomic E-state index is 0. The Balaban J connectivity index is 0.00000144. The van der Waals surface area contributed by atoms with Gasteiger partial charge in [-0.15, -0.1) is 12.4 Å². The van der Waals surface area contributed by atoms with Crippen LogP contribution in [0.1, 0.15) is 10.4 Å². The Morgan fingerprint density at radius 1 is 1.18 bits per heavy atom. The Bertz CT molecular complexity index is 486. The second kappa shape index (κ2) is 6.23. The van der Waals surface area contributed by atoms with Crippen molar-refractivity contribution in [2.24, 2.45) is 0 Å². The van der Waals surface area contributed by atoms with Gasteiger partial charge in [-0.25, -0.2) is 0 Å². The number of pyridine rings is 1. The summed E-state index contributed by atoms with van der Waals surface area (Å²) in [5, 5.41) is 3.39. The topological polar surface area (TPSA) is 42.0 Å². The number of amides is 1. The molecule has 0 atom stereocenters. The van der Waals surface area contributed by atoms with E-state index >= 15 is 0 Å². The van der Waals surface area contributed by atoms with E-state index in [1.807, 2.05) is 0 Å². The molecule has 0 radical (unpaired) electrons. The van der Waals surface area contributed by atoms with E-state index < -0.39 is 0 Å². The normalized spacial score (nSPS) is 9.24. The molecule has 0 unspecified atom stereocenters. The van der Waals surface area contributed by atoms with E-state index in [1.54, 1.807) is 42.6 Å². The molecule has 0 aliphatic heterocycles. The van der Waals surface area contributed by atoms with Crippen LogP contribution in [0.25, 0.3) is 0 Å². The molecular formula is C12H10Cl2N2O. The van der Waals surface area contributed by atoms with Crippen molar-refractivity contribution in [3.8, 4) is 0 Å². The van der Waals surface area contributed by atoms with Gasteiger partial charge < -0.3 is 5.32 Å². The first kappa shape index (κ1) is 13.5. The van der Waals surface area contributed by atoms with Crippen LogP contribution in [-0.2, 0) is 0 Å². The van der Waals surface area contributed by atoms with Crippen LogP contribution in [0.5, 0.6) is 0 Å². The van der Waals surface area contributed by atoms with Gasteiger partial charge in [0.1, 0.15) is 0 Å². The zero-order chi connectivity index (χ0) is 11.4. The molecule has 17 heavy (non-hydrogen) atoms. The Hall–Kier alpha value is -1.58. The average molecular weight is 269 g/mol. The van der Waals surface area contributed by atoms with Gasteiger partial charge in [0.05, 0.1) is 5.56 Å². The first-order chi connectivity index (χ1) is 7.75. The Labute approximate surface area is 110 Å². The van der Waals surface area contributed by atoms with Gasteiger partial charge in [0.25, 0.3) is 5.91 Å².